The number of anilines is 2. The number of nitrogen functional groups attached to an aromatic ring is 1. The number of carbonyl (C=O) groups excluding carboxylic acids is 1. The zero-order valence-corrected chi connectivity index (χ0v) is 18.0. The number of imidazole rings is 1. The number of rotatable bonds is 4. The molecule has 3 heterocycles. The highest BCUT2D eigenvalue weighted by molar-refractivity contribution is 5.94. The third kappa shape index (κ3) is 4.17. The summed E-state index contributed by atoms with van der Waals surface area (Å²) in [5.41, 5.74) is 6.61. The predicted molar refractivity (Wildman–Crippen MR) is 120 cm³/mol. The predicted octanol–water partition coefficient (Wildman–Crippen LogP) is 3.99. The number of carbonyl (C=O) groups is 1. The highest BCUT2D eigenvalue weighted by atomic mass is 19.4. The number of aliphatic hydroxyl groups excluding tert-OH is 1. The summed E-state index contributed by atoms with van der Waals surface area (Å²) in [6, 6.07) is 6.74. The minimum atomic E-state index is -4.63. The molecular formula is C23H21F3N6O2. The minimum absolute atomic E-state index is 0.0131. The minimum Gasteiger partial charge on any atom is -0.382 e. The van der Waals surface area contributed by atoms with E-state index in [1.54, 1.807) is 13.8 Å². The van der Waals surface area contributed by atoms with Gasteiger partial charge in [-0.25, -0.2) is 15.0 Å². The maximum absolute atomic E-state index is 13.0. The standard InChI is InChI=1S/C23H21F3N6O2/c1-11-10-28-21(27)19-18(30-13(3)32(11)19)16-7-8-17(29-12(16)2)31-22(34)20(33)14-5-4-6-15(9-14)23(24,25)26/h4-10,20,33H,1-3H3,(H2,27,28)(H,29,31,34)/t20-/m1/s1/i3D3. The van der Waals surface area contributed by atoms with Crippen LogP contribution in [0.1, 0.15) is 38.6 Å². The molecule has 0 aliphatic rings. The molecule has 0 unspecified atom stereocenters. The van der Waals surface area contributed by atoms with Crippen molar-refractivity contribution in [3.63, 3.8) is 0 Å². The van der Waals surface area contributed by atoms with Gasteiger partial charge in [-0.15, -0.1) is 0 Å². The molecule has 0 saturated heterocycles. The van der Waals surface area contributed by atoms with E-state index >= 15 is 0 Å². The Morgan fingerprint density at radius 3 is 2.68 bits per heavy atom. The van der Waals surface area contributed by atoms with E-state index < -0.39 is 30.6 Å². The van der Waals surface area contributed by atoms with E-state index in [0.29, 0.717) is 23.0 Å². The van der Waals surface area contributed by atoms with Crippen LogP contribution in [0, 0.1) is 20.7 Å². The average molecular weight is 473 g/mol. The number of aromatic nitrogens is 4. The molecule has 0 radical (unpaired) electrons. The monoisotopic (exact) mass is 473 g/mol. The number of benzene rings is 1. The maximum atomic E-state index is 13.0. The third-order valence-corrected chi connectivity index (χ3v) is 5.23. The molecule has 4 rings (SSSR count). The van der Waals surface area contributed by atoms with Crippen molar-refractivity contribution in [2.24, 2.45) is 0 Å². The Labute approximate surface area is 196 Å². The molecule has 4 N–H and O–H groups in total. The van der Waals surface area contributed by atoms with Crippen molar-refractivity contribution in [2.45, 2.75) is 33.0 Å². The van der Waals surface area contributed by atoms with Crippen LogP contribution in [0.2, 0.25) is 0 Å². The lowest BCUT2D eigenvalue weighted by Gasteiger charge is -2.14. The normalized spacial score (nSPS) is 14.4. The van der Waals surface area contributed by atoms with E-state index in [1.807, 2.05) is 0 Å². The number of amides is 1. The first-order valence-corrected chi connectivity index (χ1v) is 9.96. The van der Waals surface area contributed by atoms with Crippen LogP contribution in [0.25, 0.3) is 16.8 Å². The van der Waals surface area contributed by atoms with Crippen molar-refractivity contribution in [1.82, 2.24) is 19.4 Å². The van der Waals surface area contributed by atoms with Crippen LogP contribution in [-0.2, 0) is 11.0 Å². The van der Waals surface area contributed by atoms with E-state index in [9.17, 15) is 23.1 Å². The summed E-state index contributed by atoms with van der Waals surface area (Å²) in [7, 11) is 0. The Morgan fingerprint density at radius 2 is 2.00 bits per heavy atom. The van der Waals surface area contributed by atoms with Crippen LogP contribution in [0.5, 0.6) is 0 Å². The summed E-state index contributed by atoms with van der Waals surface area (Å²) in [5.74, 6) is -1.12. The van der Waals surface area contributed by atoms with E-state index in [1.165, 1.54) is 28.8 Å². The third-order valence-electron chi connectivity index (χ3n) is 5.23. The lowest BCUT2D eigenvalue weighted by molar-refractivity contribution is -0.138. The van der Waals surface area contributed by atoms with Gasteiger partial charge in [0.2, 0.25) is 0 Å². The first kappa shape index (κ1) is 19.5. The molecule has 0 fully saturated rings. The first-order chi connectivity index (χ1) is 17.2. The number of alkyl halides is 3. The van der Waals surface area contributed by atoms with Crippen molar-refractivity contribution < 1.29 is 27.2 Å². The SMILES string of the molecule is [2H]C([2H])([2H])c1nc(-c2ccc(NC(=O)[C@H](O)c3cccc(C(F)(F)F)c3)nc2C)c2c(N)ncc(C)n12. The summed E-state index contributed by atoms with van der Waals surface area (Å²) >= 11 is 0. The molecule has 1 atom stereocenters. The number of nitrogens with two attached hydrogens (primary N) is 1. The quantitative estimate of drug-likeness (QED) is 0.413. The van der Waals surface area contributed by atoms with E-state index in [4.69, 9.17) is 9.85 Å². The fraction of sp³-hybridized carbons (Fsp3) is 0.217. The van der Waals surface area contributed by atoms with Crippen molar-refractivity contribution in [1.29, 1.82) is 0 Å². The molecule has 34 heavy (non-hydrogen) atoms. The molecule has 0 aliphatic heterocycles. The Hall–Kier alpha value is -3.99. The van der Waals surface area contributed by atoms with Crippen LogP contribution in [-0.4, -0.2) is 30.4 Å². The molecule has 0 saturated carbocycles. The summed E-state index contributed by atoms with van der Waals surface area (Å²) in [4.78, 5) is 25.2. The van der Waals surface area contributed by atoms with Crippen LogP contribution in [0.3, 0.4) is 0 Å². The topological polar surface area (TPSA) is 118 Å². The van der Waals surface area contributed by atoms with Gasteiger partial charge in [-0.1, -0.05) is 12.1 Å². The van der Waals surface area contributed by atoms with Gasteiger partial charge < -0.3 is 16.2 Å². The zero-order chi connectivity index (χ0) is 27.3. The summed E-state index contributed by atoms with van der Waals surface area (Å²) in [6.45, 7) is 0.710. The van der Waals surface area contributed by atoms with Gasteiger partial charge in [0.15, 0.2) is 6.10 Å². The molecular weight excluding hydrogens is 449 g/mol. The fourth-order valence-corrected chi connectivity index (χ4v) is 3.58. The Kier molecular flexibility index (Phi) is 4.82. The summed E-state index contributed by atoms with van der Waals surface area (Å²) < 4.78 is 63.9. The first-order valence-electron chi connectivity index (χ1n) is 11.5. The summed E-state index contributed by atoms with van der Waals surface area (Å²) in [6.07, 6.45) is -5.07. The summed E-state index contributed by atoms with van der Waals surface area (Å²) in [5, 5.41) is 12.7. The van der Waals surface area contributed by atoms with Crippen molar-refractivity contribution in [3.8, 4) is 11.3 Å². The molecule has 3 aromatic heterocycles. The van der Waals surface area contributed by atoms with Crippen molar-refractivity contribution in [3.05, 3.63) is 70.9 Å². The van der Waals surface area contributed by atoms with Gasteiger partial charge in [0.05, 0.1) is 5.56 Å². The molecule has 0 spiro atoms. The number of hydrogen-bond acceptors (Lipinski definition) is 6. The average Bonchev–Trinajstić information content (AvgIpc) is 3.23. The smallest absolute Gasteiger partial charge is 0.382 e. The Morgan fingerprint density at radius 1 is 1.24 bits per heavy atom. The van der Waals surface area contributed by atoms with Crippen LogP contribution in [0.4, 0.5) is 24.8 Å². The van der Waals surface area contributed by atoms with Gasteiger partial charge in [-0.05, 0) is 50.5 Å². The van der Waals surface area contributed by atoms with E-state index in [0.717, 1.165) is 12.1 Å². The number of halogens is 3. The van der Waals surface area contributed by atoms with Gasteiger partial charge in [-0.3, -0.25) is 9.20 Å². The molecule has 8 nitrogen and oxygen atoms in total. The highest BCUT2D eigenvalue weighted by Gasteiger charge is 2.31. The molecule has 1 amide bonds. The van der Waals surface area contributed by atoms with Crippen molar-refractivity contribution in [2.75, 3.05) is 11.1 Å². The fourth-order valence-electron chi connectivity index (χ4n) is 3.58. The van der Waals surface area contributed by atoms with E-state index in [2.05, 4.69) is 20.3 Å². The molecule has 11 heteroatoms. The number of hydrogen-bond donors (Lipinski definition) is 3. The van der Waals surface area contributed by atoms with Crippen molar-refractivity contribution >= 4 is 23.1 Å². The lowest BCUT2D eigenvalue weighted by Crippen LogP contribution is -2.22. The number of pyridine rings is 1. The second-order valence-corrected chi connectivity index (χ2v) is 7.60. The molecule has 0 bridgehead atoms. The van der Waals surface area contributed by atoms with Crippen LogP contribution >= 0.6 is 0 Å². The van der Waals surface area contributed by atoms with Gasteiger partial charge in [0, 0.05) is 27.3 Å². The van der Waals surface area contributed by atoms with E-state index in [-0.39, 0.29) is 34.2 Å². The largest absolute Gasteiger partial charge is 0.416 e. The number of fused-ring (bicyclic) bond motifs is 1. The maximum Gasteiger partial charge on any atom is 0.416 e. The molecule has 0 aliphatic carbocycles. The highest BCUT2D eigenvalue weighted by Crippen LogP contribution is 2.32. The van der Waals surface area contributed by atoms with Gasteiger partial charge >= 0.3 is 6.18 Å². The Bertz CT molecular complexity index is 1520. The van der Waals surface area contributed by atoms with Gasteiger partial charge in [0.1, 0.15) is 28.7 Å². The second-order valence-electron chi connectivity index (χ2n) is 7.60. The number of nitrogens with one attached hydrogen (secondary N) is 1. The number of aryl methyl sites for hydroxylation is 3. The van der Waals surface area contributed by atoms with Crippen LogP contribution in [0.15, 0.2) is 42.6 Å². The molecule has 1 aromatic carbocycles. The molecule has 176 valence electrons. The zero-order valence-electron chi connectivity index (χ0n) is 21.0. The van der Waals surface area contributed by atoms with Gasteiger partial charge in [0.25, 0.3) is 5.91 Å². The van der Waals surface area contributed by atoms with Crippen LogP contribution < -0.4 is 11.1 Å². The number of nitrogens with zero attached hydrogens (tertiary/aromatic N) is 4. The second kappa shape index (κ2) is 8.41. The number of aliphatic hydroxyl groups is 1. The van der Waals surface area contributed by atoms with Gasteiger partial charge in [-0.2, -0.15) is 13.2 Å². The lowest BCUT2D eigenvalue weighted by atomic mass is 10.1. The molecule has 4 aromatic rings. The Balaban J connectivity index is 1.67.